The van der Waals surface area contributed by atoms with Crippen LogP contribution in [0.25, 0.3) is 0 Å². The van der Waals surface area contributed by atoms with E-state index in [2.05, 4.69) is 29.4 Å². The fourth-order valence-electron chi connectivity index (χ4n) is 1.19. The summed E-state index contributed by atoms with van der Waals surface area (Å²) in [7, 11) is 1.97. The highest BCUT2D eigenvalue weighted by molar-refractivity contribution is 5.17. The van der Waals surface area contributed by atoms with E-state index < -0.39 is 0 Å². The number of aromatic nitrogens is 1. The number of aryl methyl sites for hydroxylation is 1. The second kappa shape index (κ2) is 4.21. The third-order valence-electron chi connectivity index (χ3n) is 2.01. The molecule has 0 aliphatic carbocycles. The highest BCUT2D eigenvalue weighted by Gasteiger charge is 2.02. The summed E-state index contributed by atoms with van der Waals surface area (Å²) in [5.41, 5.74) is 2.38. The first kappa shape index (κ1) is 9.20. The minimum atomic E-state index is 0.545. The van der Waals surface area contributed by atoms with Gasteiger partial charge in [0.25, 0.3) is 0 Å². The molecule has 1 unspecified atom stereocenters. The quantitative estimate of drug-likeness (QED) is 0.735. The van der Waals surface area contributed by atoms with Crippen LogP contribution < -0.4 is 5.32 Å². The monoisotopic (exact) mass is 164 g/mol. The third-order valence-corrected chi connectivity index (χ3v) is 2.01. The third kappa shape index (κ3) is 2.31. The minimum Gasteiger partial charge on any atom is -0.319 e. The Morgan fingerprint density at radius 1 is 1.50 bits per heavy atom. The fraction of sp³-hybridized carbons (Fsp3) is 0.500. The van der Waals surface area contributed by atoms with Gasteiger partial charge in [-0.2, -0.15) is 0 Å². The van der Waals surface area contributed by atoms with Crippen LogP contribution in [0.4, 0.5) is 0 Å². The Bertz CT molecular complexity index is 228. The van der Waals surface area contributed by atoms with Crippen LogP contribution in [0, 0.1) is 6.92 Å². The number of rotatable bonds is 3. The van der Waals surface area contributed by atoms with Crippen molar-refractivity contribution in [1.82, 2.24) is 10.3 Å². The Morgan fingerprint density at radius 3 is 2.75 bits per heavy atom. The average molecular weight is 164 g/mol. The molecule has 0 aliphatic rings. The maximum Gasteiger partial charge on any atom is 0.0372 e. The number of nitrogens with zero attached hydrogens (tertiary/aromatic N) is 1. The summed E-state index contributed by atoms with van der Waals surface area (Å²) in [4.78, 5) is 4.25. The molecule has 0 fully saturated rings. The van der Waals surface area contributed by atoms with E-state index in [-0.39, 0.29) is 0 Å². The molecular formula is C10H16N2. The molecule has 0 amide bonds. The molecule has 0 aliphatic heterocycles. The van der Waals surface area contributed by atoms with E-state index >= 15 is 0 Å². The highest BCUT2D eigenvalue weighted by atomic mass is 14.8. The van der Waals surface area contributed by atoms with Gasteiger partial charge in [0.2, 0.25) is 0 Å². The van der Waals surface area contributed by atoms with Gasteiger partial charge in [-0.1, -0.05) is 13.0 Å². The molecule has 0 spiro atoms. The first-order valence-electron chi connectivity index (χ1n) is 4.31. The summed E-state index contributed by atoms with van der Waals surface area (Å²) >= 11 is 0. The number of hydrogen-bond acceptors (Lipinski definition) is 2. The maximum atomic E-state index is 4.25. The molecule has 1 rings (SSSR count). The highest BCUT2D eigenvalue weighted by Crippen LogP contribution is 2.12. The second-order valence-corrected chi connectivity index (χ2v) is 3.19. The van der Waals surface area contributed by atoms with Gasteiger partial charge >= 0.3 is 0 Å². The van der Waals surface area contributed by atoms with E-state index in [1.54, 1.807) is 0 Å². The number of pyridine rings is 1. The summed E-state index contributed by atoms with van der Waals surface area (Å²) in [6.07, 6.45) is 1.96. The first-order valence-corrected chi connectivity index (χ1v) is 4.31. The van der Waals surface area contributed by atoms with E-state index in [1.165, 1.54) is 5.56 Å². The summed E-state index contributed by atoms with van der Waals surface area (Å²) < 4.78 is 0. The molecular weight excluding hydrogens is 148 g/mol. The van der Waals surface area contributed by atoms with Crippen LogP contribution in [0.2, 0.25) is 0 Å². The average Bonchev–Trinajstić information content (AvgIpc) is 2.06. The molecule has 0 radical (unpaired) electrons. The van der Waals surface area contributed by atoms with Crippen molar-refractivity contribution in [2.24, 2.45) is 0 Å². The molecule has 1 heterocycles. The van der Waals surface area contributed by atoms with Crippen LogP contribution in [0.1, 0.15) is 24.1 Å². The Morgan fingerprint density at radius 2 is 2.25 bits per heavy atom. The van der Waals surface area contributed by atoms with Gasteiger partial charge in [-0.15, -0.1) is 0 Å². The van der Waals surface area contributed by atoms with Crippen LogP contribution >= 0.6 is 0 Å². The molecule has 12 heavy (non-hydrogen) atoms. The van der Waals surface area contributed by atoms with Gasteiger partial charge in [-0.3, -0.25) is 4.98 Å². The summed E-state index contributed by atoms with van der Waals surface area (Å²) in [5.74, 6) is 0.545. The maximum absolute atomic E-state index is 4.25. The normalized spacial score (nSPS) is 12.9. The van der Waals surface area contributed by atoms with Gasteiger partial charge in [0.15, 0.2) is 0 Å². The lowest BCUT2D eigenvalue weighted by molar-refractivity contribution is 0.675. The topological polar surface area (TPSA) is 24.9 Å². The van der Waals surface area contributed by atoms with Crippen molar-refractivity contribution < 1.29 is 0 Å². The standard InChI is InChI=1S/C10H16N2/c1-8(6-11-3)10-5-4-9(2)12-7-10/h4-5,7-8,11H,6H2,1-3H3. The zero-order chi connectivity index (χ0) is 8.97. The number of hydrogen-bond donors (Lipinski definition) is 1. The molecule has 0 bridgehead atoms. The minimum absolute atomic E-state index is 0.545. The predicted molar refractivity (Wildman–Crippen MR) is 51.3 cm³/mol. The van der Waals surface area contributed by atoms with Gasteiger partial charge in [-0.05, 0) is 31.5 Å². The van der Waals surface area contributed by atoms with Crippen molar-refractivity contribution in [2.45, 2.75) is 19.8 Å². The van der Waals surface area contributed by atoms with E-state index in [4.69, 9.17) is 0 Å². The molecule has 0 saturated heterocycles. The van der Waals surface area contributed by atoms with Crippen molar-refractivity contribution in [3.8, 4) is 0 Å². The fourth-order valence-corrected chi connectivity index (χ4v) is 1.19. The molecule has 0 aromatic carbocycles. The van der Waals surface area contributed by atoms with Crippen LogP contribution in [-0.2, 0) is 0 Å². The van der Waals surface area contributed by atoms with Crippen molar-refractivity contribution >= 4 is 0 Å². The molecule has 1 N–H and O–H groups in total. The second-order valence-electron chi connectivity index (χ2n) is 3.19. The Kier molecular flexibility index (Phi) is 3.23. The van der Waals surface area contributed by atoms with E-state index in [0.717, 1.165) is 12.2 Å². The summed E-state index contributed by atoms with van der Waals surface area (Å²) in [6, 6.07) is 4.20. The first-order chi connectivity index (χ1) is 5.74. The van der Waals surface area contributed by atoms with Gasteiger partial charge in [0.05, 0.1) is 0 Å². The van der Waals surface area contributed by atoms with Gasteiger partial charge < -0.3 is 5.32 Å². The number of likely N-dealkylation sites (N-methyl/N-ethyl adjacent to an activating group) is 1. The molecule has 1 aromatic rings. The van der Waals surface area contributed by atoms with Crippen molar-refractivity contribution in [3.63, 3.8) is 0 Å². The van der Waals surface area contributed by atoms with Gasteiger partial charge in [-0.25, -0.2) is 0 Å². The molecule has 0 saturated carbocycles. The van der Waals surface area contributed by atoms with E-state index in [0.29, 0.717) is 5.92 Å². The van der Waals surface area contributed by atoms with E-state index in [1.807, 2.05) is 20.2 Å². The van der Waals surface area contributed by atoms with E-state index in [9.17, 15) is 0 Å². The van der Waals surface area contributed by atoms with Crippen molar-refractivity contribution in [3.05, 3.63) is 29.6 Å². The largest absolute Gasteiger partial charge is 0.319 e. The predicted octanol–water partition coefficient (Wildman–Crippen LogP) is 1.71. The Hall–Kier alpha value is -0.890. The Labute approximate surface area is 74.0 Å². The molecule has 1 atom stereocenters. The molecule has 2 nitrogen and oxygen atoms in total. The SMILES string of the molecule is CNCC(C)c1ccc(C)nc1. The van der Waals surface area contributed by atoms with Crippen molar-refractivity contribution in [2.75, 3.05) is 13.6 Å². The van der Waals surface area contributed by atoms with Crippen molar-refractivity contribution in [1.29, 1.82) is 0 Å². The van der Waals surface area contributed by atoms with Crippen LogP contribution in [-0.4, -0.2) is 18.6 Å². The molecule has 66 valence electrons. The lowest BCUT2D eigenvalue weighted by Crippen LogP contribution is -2.14. The zero-order valence-electron chi connectivity index (χ0n) is 7.96. The molecule has 1 aromatic heterocycles. The van der Waals surface area contributed by atoms with Crippen LogP contribution in [0.3, 0.4) is 0 Å². The van der Waals surface area contributed by atoms with Gasteiger partial charge in [0.1, 0.15) is 0 Å². The Balaban J connectivity index is 2.68. The summed E-state index contributed by atoms with van der Waals surface area (Å²) in [5, 5.41) is 3.15. The smallest absolute Gasteiger partial charge is 0.0372 e. The van der Waals surface area contributed by atoms with Gasteiger partial charge in [0, 0.05) is 18.4 Å². The molecule has 2 heteroatoms. The lowest BCUT2D eigenvalue weighted by atomic mass is 10.0. The van der Waals surface area contributed by atoms with Crippen LogP contribution in [0.15, 0.2) is 18.3 Å². The summed E-state index contributed by atoms with van der Waals surface area (Å²) in [6.45, 7) is 5.21. The number of nitrogens with one attached hydrogen (secondary N) is 1. The van der Waals surface area contributed by atoms with Crippen LogP contribution in [0.5, 0.6) is 0 Å². The zero-order valence-corrected chi connectivity index (χ0v) is 7.96. The lowest BCUT2D eigenvalue weighted by Gasteiger charge is -2.10.